The molecule has 0 amide bonds. The summed E-state index contributed by atoms with van der Waals surface area (Å²) in [6.07, 6.45) is 1.62. The normalized spacial score (nSPS) is 13.1. The molecule has 0 aliphatic carbocycles. The Morgan fingerprint density at radius 2 is 1.88 bits per heavy atom. The van der Waals surface area contributed by atoms with Crippen molar-refractivity contribution in [3.05, 3.63) is 51.5 Å². The summed E-state index contributed by atoms with van der Waals surface area (Å²) in [5.74, 6) is 2.35. The summed E-state index contributed by atoms with van der Waals surface area (Å²) in [4.78, 5) is 4.75. The quantitative estimate of drug-likeness (QED) is 0.773. The van der Waals surface area contributed by atoms with E-state index in [1.54, 1.807) is 21.3 Å². The number of benzene rings is 2. The van der Waals surface area contributed by atoms with E-state index in [0.29, 0.717) is 6.42 Å². The van der Waals surface area contributed by atoms with Gasteiger partial charge in [0.1, 0.15) is 5.75 Å². The van der Waals surface area contributed by atoms with Crippen molar-refractivity contribution < 1.29 is 14.2 Å². The van der Waals surface area contributed by atoms with Gasteiger partial charge in [-0.15, -0.1) is 0 Å². The molecule has 0 radical (unpaired) electrons. The minimum absolute atomic E-state index is 0.681. The Hall–Kier alpha value is -2.01. The number of fused-ring (bicyclic) bond motifs is 1. The minimum atomic E-state index is 0.681. The topological polar surface area (TPSA) is 40.0 Å². The van der Waals surface area contributed by atoms with E-state index in [2.05, 4.69) is 28.1 Å². The second-order valence-corrected chi connectivity index (χ2v) is 6.39. The van der Waals surface area contributed by atoms with Crippen LogP contribution in [0.1, 0.15) is 16.7 Å². The number of hydrogen-bond donors (Lipinski definition) is 0. The third kappa shape index (κ3) is 3.13. The van der Waals surface area contributed by atoms with E-state index >= 15 is 0 Å². The predicted molar refractivity (Wildman–Crippen MR) is 99.1 cm³/mol. The van der Waals surface area contributed by atoms with E-state index in [4.69, 9.17) is 19.2 Å². The Kier molecular flexibility index (Phi) is 5.09. The highest BCUT2D eigenvalue weighted by atomic mass is 79.9. The molecule has 3 rings (SSSR count). The first kappa shape index (κ1) is 16.8. The Morgan fingerprint density at radius 1 is 1.04 bits per heavy atom. The minimum Gasteiger partial charge on any atom is -0.497 e. The zero-order chi connectivity index (χ0) is 17.1. The molecular weight excluding hydrogens is 370 g/mol. The molecule has 0 saturated heterocycles. The van der Waals surface area contributed by atoms with Gasteiger partial charge in [0.15, 0.2) is 11.5 Å². The molecule has 0 spiro atoms. The van der Waals surface area contributed by atoms with Crippen molar-refractivity contribution in [3.63, 3.8) is 0 Å². The summed E-state index contributed by atoms with van der Waals surface area (Å²) < 4.78 is 17.3. The maximum atomic E-state index is 5.58. The van der Waals surface area contributed by atoms with Gasteiger partial charge in [-0.2, -0.15) is 0 Å². The molecule has 0 unspecified atom stereocenters. The highest BCUT2D eigenvalue weighted by Gasteiger charge is 2.20. The van der Waals surface area contributed by atoms with Crippen molar-refractivity contribution >= 4 is 21.6 Å². The molecule has 1 aliphatic rings. The van der Waals surface area contributed by atoms with Crippen LogP contribution in [0.15, 0.2) is 39.8 Å². The van der Waals surface area contributed by atoms with Gasteiger partial charge in [0.25, 0.3) is 0 Å². The van der Waals surface area contributed by atoms with Crippen molar-refractivity contribution in [1.82, 2.24) is 0 Å². The Morgan fingerprint density at radius 3 is 2.58 bits per heavy atom. The second-order valence-electron chi connectivity index (χ2n) is 5.54. The molecule has 0 bridgehead atoms. The molecule has 0 saturated carbocycles. The molecule has 126 valence electrons. The number of rotatable bonds is 5. The van der Waals surface area contributed by atoms with Gasteiger partial charge >= 0.3 is 0 Å². The highest BCUT2D eigenvalue weighted by molar-refractivity contribution is 9.10. The van der Waals surface area contributed by atoms with Crippen molar-refractivity contribution in [2.45, 2.75) is 12.8 Å². The molecule has 0 fully saturated rings. The maximum absolute atomic E-state index is 5.58. The van der Waals surface area contributed by atoms with Crippen LogP contribution in [0.3, 0.4) is 0 Å². The van der Waals surface area contributed by atoms with Gasteiger partial charge < -0.3 is 14.2 Å². The van der Waals surface area contributed by atoms with Crippen LogP contribution in [0, 0.1) is 0 Å². The smallest absolute Gasteiger partial charge is 0.165 e. The molecular formula is C19H20BrNO3. The molecule has 4 nitrogen and oxygen atoms in total. The van der Waals surface area contributed by atoms with Crippen LogP contribution in [0.2, 0.25) is 0 Å². The molecule has 0 aromatic heterocycles. The zero-order valence-corrected chi connectivity index (χ0v) is 15.6. The monoisotopic (exact) mass is 389 g/mol. The van der Waals surface area contributed by atoms with E-state index in [-0.39, 0.29) is 0 Å². The first-order valence-electron chi connectivity index (χ1n) is 7.78. The van der Waals surface area contributed by atoms with Gasteiger partial charge in [-0.1, -0.05) is 15.9 Å². The summed E-state index contributed by atoms with van der Waals surface area (Å²) in [6.45, 7) is 0.791. The Labute approximate surface area is 150 Å². The molecule has 1 heterocycles. The zero-order valence-electron chi connectivity index (χ0n) is 14.1. The van der Waals surface area contributed by atoms with E-state index in [9.17, 15) is 0 Å². The van der Waals surface area contributed by atoms with Crippen LogP contribution in [-0.4, -0.2) is 33.6 Å². The van der Waals surface area contributed by atoms with Gasteiger partial charge in [0.2, 0.25) is 0 Å². The number of aliphatic imine (C=N–C) groups is 1. The number of ether oxygens (including phenoxy) is 3. The van der Waals surface area contributed by atoms with Crippen molar-refractivity contribution in [1.29, 1.82) is 0 Å². The number of nitrogens with zero attached hydrogens (tertiary/aromatic N) is 1. The summed E-state index contributed by atoms with van der Waals surface area (Å²) in [7, 11) is 5.00. The lowest BCUT2D eigenvalue weighted by molar-refractivity contribution is 0.352. The molecule has 0 N–H and O–H groups in total. The third-order valence-corrected chi connectivity index (χ3v) is 4.99. The highest BCUT2D eigenvalue weighted by Crippen LogP contribution is 2.37. The summed E-state index contributed by atoms with van der Waals surface area (Å²) in [6, 6.07) is 10.1. The van der Waals surface area contributed by atoms with Gasteiger partial charge in [0.05, 0.1) is 21.3 Å². The van der Waals surface area contributed by atoms with Crippen molar-refractivity contribution in [2.75, 3.05) is 27.9 Å². The van der Waals surface area contributed by atoms with E-state index < -0.39 is 0 Å². The standard InChI is InChI=1S/C19H20BrNO3/c1-22-13-4-5-14-12(10-13)8-9-21-17(14)11-15-16(20)6-7-18(23-2)19(15)24-3/h4-7,10H,8-9,11H2,1-3H3. The summed E-state index contributed by atoms with van der Waals surface area (Å²) >= 11 is 3.63. The summed E-state index contributed by atoms with van der Waals surface area (Å²) in [5.41, 5.74) is 4.56. The van der Waals surface area contributed by atoms with E-state index in [0.717, 1.165) is 46.0 Å². The fraction of sp³-hybridized carbons (Fsp3) is 0.316. The van der Waals surface area contributed by atoms with Gasteiger partial charge in [-0.05, 0) is 47.9 Å². The largest absolute Gasteiger partial charge is 0.497 e. The number of hydrogen-bond acceptors (Lipinski definition) is 4. The molecule has 5 heteroatoms. The number of methoxy groups -OCH3 is 3. The third-order valence-electron chi connectivity index (χ3n) is 4.24. The maximum Gasteiger partial charge on any atom is 0.165 e. The molecule has 2 aromatic carbocycles. The van der Waals surface area contributed by atoms with E-state index in [1.165, 1.54) is 11.1 Å². The van der Waals surface area contributed by atoms with Gasteiger partial charge in [0, 0.05) is 28.7 Å². The van der Waals surface area contributed by atoms with Gasteiger partial charge in [-0.3, -0.25) is 4.99 Å². The van der Waals surface area contributed by atoms with Crippen molar-refractivity contribution in [2.24, 2.45) is 4.99 Å². The Bertz CT molecular complexity index is 786. The first-order chi connectivity index (χ1) is 11.7. The fourth-order valence-corrected chi connectivity index (χ4v) is 3.48. The molecule has 0 atom stereocenters. The lowest BCUT2D eigenvalue weighted by Gasteiger charge is -2.20. The number of halogens is 1. The molecule has 2 aromatic rings. The summed E-state index contributed by atoms with van der Waals surface area (Å²) in [5, 5.41) is 0. The lowest BCUT2D eigenvalue weighted by Crippen LogP contribution is -2.16. The fourth-order valence-electron chi connectivity index (χ4n) is 3.03. The molecule has 24 heavy (non-hydrogen) atoms. The SMILES string of the molecule is COc1ccc2c(c1)CCN=C2Cc1c(Br)ccc(OC)c1OC. The van der Waals surface area contributed by atoms with Crippen LogP contribution in [0.5, 0.6) is 17.2 Å². The Balaban J connectivity index is 2.00. The average Bonchev–Trinajstić information content (AvgIpc) is 2.62. The van der Waals surface area contributed by atoms with E-state index in [1.807, 2.05) is 18.2 Å². The predicted octanol–water partition coefficient (Wildman–Crippen LogP) is 4.06. The van der Waals surface area contributed by atoms with Gasteiger partial charge in [-0.25, -0.2) is 0 Å². The second kappa shape index (κ2) is 7.26. The van der Waals surface area contributed by atoms with Crippen molar-refractivity contribution in [3.8, 4) is 17.2 Å². The average molecular weight is 390 g/mol. The molecule has 1 aliphatic heterocycles. The lowest BCUT2D eigenvalue weighted by atomic mass is 9.93. The van der Waals surface area contributed by atoms with Crippen LogP contribution >= 0.6 is 15.9 Å². The first-order valence-corrected chi connectivity index (χ1v) is 8.57. The van der Waals surface area contributed by atoms with Crippen LogP contribution < -0.4 is 14.2 Å². The van der Waals surface area contributed by atoms with Crippen LogP contribution in [0.4, 0.5) is 0 Å². The van der Waals surface area contributed by atoms with Crippen LogP contribution in [0.25, 0.3) is 0 Å². The van der Waals surface area contributed by atoms with Crippen LogP contribution in [-0.2, 0) is 12.8 Å².